The molecule has 3 heterocycles. The van der Waals surface area contributed by atoms with Gasteiger partial charge in [0.25, 0.3) is 23.6 Å². The molecule has 1 saturated carbocycles. The van der Waals surface area contributed by atoms with Gasteiger partial charge in [-0.15, -0.1) is 23.2 Å². The lowest BCUT2D eigenvalue weighted by Crippen LogP contribution is -2.60. The zero-order valence-corrected chi connectivity index (χ0v) is 30.1. The molecular weight excluding hydrogens is 871 g/mol. The van der Waals surface area contributed by atoms with E-state index < -0.39 is 74.7 Å². The van der Waals surface area contributed by atoms with Crippen LogP contribution >= 0.6 is 73.3 Å². The number of phenolic OH excluding ortho intramolecular Hbond substituents is 1. The van der Waals surface area contributed by atoms with Crippen LogP contribution < -0.4 is 9.75 Å². The number of carbonyl (C=O) groups excluding carboxylic acids is 4. The highest BCUT2D eigenvalue weighted by Crippen LogP contribution is 2.66. The summed E-state index contributed by atoms with van der Waals surface area (Å²) in [6, 6.07) is 4.68. The Morgan fingerprint density at radius 1 is 1.15 bits per heavy atom. The number of hydrogen-bond acceptors (Lipinski definition) is 8. The van der Waals surface area contributed by atoms with Gasteiger partial charge in [-0.2, -0.15) is 18.2 Å². The molecule has 1 aromatic carbocycles. The Morgan fingerprint density at radius 2 is 1.83 bits per heavy atom. The van der Waals surface area contributed by atoms with Crippen LogP contribution in [-0.2, 0) is 25.4 Å². The number of likely N-dealkylation sites (tertiary alicyclic amines) is 1. The predicted octanol–water partition coefficient (Wildman–Crippen LogP) is 5.84. The number of aromatic nitrogens is 1. The van der Waals surface area contributed by atoms with Crippen molar-refractivity contribution >= 4 is 103 Å². The summed E-state index contributed by atoms with van der Waals surface area (Å²) in [5, 5.41) is 11.9. The van der Waals surface area contributed by atoms with Gasteiger partial charge in [0.1, 0.15) is 5.69 Å². The van der Waals surface area contributed by atoms with Gasteiger partial charge in [0, 0.05) is 13.0 Å². The van der Waals surface area contributed by atoms with Gasteiger partial charge in [0.05, 0.1) is 33.0 Å². The summed E-state index contributed by atoms with van der Waals surface area (Å²) in [6.45, 7) is 0. The minimum Gasteiger partial charge on any atom is -0.504 e. The lowest BCUT2D eigenvalue weighted by atomic mass is 9.56. The maximum Gasteiger partial charge on any atom is 0.433 e. The largest absolute Gasteiger partial charge is 0.504 e. The Morgan fingerprint density at radius 3 is 2.45 bits per heavy atom. The number of alkyl halides is 6. The first-order chi connectivity index (χ1) is 21.9. The standard InChI is InChI=1S/C29H22BrCl3F3IN4O6/c1-39(22-15(31)5-6-18(38-22)29(34,35)36)41-23(43)13-4-3-12-14(19(13)24(41)44)9-27(32)25(45)40(10-30)26(46)28(27,33)20(12)11-7-16(37)21(42)17(8-11)47-2/h3,5-8,13-14,19-20,42H,4,9-10H2,1-2H3. The monoisotopic (exact) mass is 890 g/mol. The lowest BCUT2D eigenvalue weighted by molar-refractivity contribution is -0.142. The predicted molar refractivity (Wildman–Crippen MR) is 175 cm³/mol. The van der Waals surface area contributed by atoms with Gasteiger partial charge in [0.2, 0.25) is 0 Å². The molecule has 2 aliphatic heterocycles. The van der Waals surface area contributed by atoms with Gasteiger partial charge in [0.15, 0.2) is 27.1 Å². The summed E-state index contributed by atoms with van der Waals surface area (Å²) in [4.78, 5) is 56.2. The summed E-state index contributed by atoms with van der Waals surface area (Å²) in [6.07, 6.45) is -3.43. The molecule has 0 bridgehead atoms. The van der Waals surface area contributed by atoms with Crippen LogP contribution in [-0.4, -0.2) is 73.0 Å². The molecule has 6 rings (SSSR count). The van der Waals surface area contributed by atoms with E-state index in [0.717, 1.165) is 16.0 Å². The van der Waals surface area contributed by atoms with Crippen molar-refractivity contribution in [3.63, 3.8) is 0 Å². The molecule has 2 aromatic rings. The number of methoxy groups -OCH3 is 1. The van der Waals surface area contributed by atoms with E-state index in [0.29, 0.717) is 25.8 Å². The van der Waals surface area contributed by atoms with E-state index in [-0.39, 0.29) is 34.8 Å². The number of allylic oxidation sites excluding steroid dienone is 2. The Kier molecular flexibility index (Phi) is 8.54. The molecule has 10 nitrogen and oxygen atoms in total. The molecule has 0 spiro atoms. The summed E-state index contributed by atoms with van der Waals surface area (Å²) in [5.74, 6) is -7.80. The fraction of sp³-hybridized carbons (Fsp3) is 0.414. The number of fused-ring (bicyclic) bond motifs is 4. The molecule has 6 unspecified atom stereocenters. The van der Waals surface area contributed by atoms with Crippen molar-refractivity contribution < 1.29 is 42.2 Å². The van der Waals surface area contributed by atoms with Crippen LogP contribution in [0.15, 0.2) is 35.9 Å². The van der Waals surface area contributed by atoms with Gasteiger partial charge < -0.3 is 9.84 Å². The molecule has 4 amide bonds. The number of pyridine rings is 1. The maximum absolute atomic E-state index is 14.2. The average Bonchev–Trinajstić information content (AvgIpc) is 3.35. The number of nitrogens with zero attached hydrogens (tertiary/aromatic N) is 4. The fourth-order valence-corrected chi connectivity index (χ4v) is 9.51. The van der Waals surface area contributed by atoms with Crippen LogP contribution in [0.1, 0.15) is 30.0 Å². The molecule has 4 aliphatic rings. The van der Waals surface area contributed by atoms with E-state index >= 15 is 0 Å². The van der Waals surface area contributed by atoms with Crippen molar-refractivity contribution in [3.8, 4) is 11.5 Å². The molecule has 250 valence electrons. The third kappa shape index (κ3) is 4.80. The number of benzene rings is 1. The number of hydrogen-bond donors (Lipinski definition) is 1. The molecule has 0 radical (unpaired) electrons. The van der Waals surface area contributed by atoms with E-state index in [1.807, 2.05) is 22.6 Å². The Balaban J connectivity index is 1.49. The number of rotatable bonds is 5. The highest BCUT2D eigenvalue weighted by atomic mass is 127. The summed E-state index contributed by atoms with van der Waals surface area (Å²) < 4.78 is 46.2. The number of hydrazine groups is 1. The minimum atomic E-state index is -4.82. The lowest BCUT2D eigenvalue weighted by Gasteiger charge is -2.50. The smallest absolute Gasteiger partial charge is 0.433 e. The Labute approximate surface area is 302 Å². The normalized spacial score (nSPS) is 30.3. The number of amides is 4. The molecule has 2 saturated heterocycles. The quantitative estimate of drug-likeness (QED) is 0.131. The molecule has 6 atom stereocenters. The summed E-state index contributed by atoms with van der Waals surface area (Å²) in [5.41, 5.74) is -0.657. The van der Waals surface area contributed by atoms with Crippen LogP contribution in [0.4, 0.5) is 19.0 Å². The second-order valence-electron chi connectivity index (χ2n) is 11.6. The van der Waals surface area contributed by atoms with Crippen molar-refractivity contribution in [2.75, 3.05) is 24.6 Å². The number of carbonyl (C=O) groups is 4. The molecule has 47 heavy (non-hydrogen) atoms. The molecular formula is C29H22BrCl3F3IN4O6. The van der Waals surface area contributed by atoms with E-state index in [1.54, 1.807) is 12.1 Å². The topological polar surface area (TPSA) is 120 Å². The molecule has 1 aromatic heterocycles. The van der Waals surface area contributed by atoms with Crippen molar-refractivity contribution in [2.45, 2.75) is 34.7 Å². The van der Waals surface area contributed by atoms with Gasteiger partial charge in [-0.05, 0) is 71.2 Å². The SMILES string of the molecule is COc1cc(C2C3=CCC4C(=O)N(N(C)c5nc(C(F)(F)F)ccc5Cl)C(=O)C4C3CC3(Cl)C(=O)N(CBr)C(=O)C23Cl)cc(I)c1O. The second-order valence-corrected chi connectivity index (χ2v) is 14.9. The number of ether oxygens (including phenoxy) is 1. The van der Waals surface area contributed by atoms with E-state index in [9.17, 15) is 37.5 Å². The first kappa shape index (κ1) is 34.5. The Hall–Kier alpha value is -2.34. The van der Waals surface area contributed by atoms with Gasteiger partial charge in [-0.1, -0.05) is 39.2 Å². The fourth-order valence-electron chi connectivity index (χ4n) is 7.23. The van der Waals surface area contributed by atoms with Gasteiger partial charge >= 0.3 is 6.18 Å². The van der Waals surface area contributed by atoms with Crippen molar-refractivity contribution in [2.24, 2.45) is 17.8 Å². The number of aromatic hydroxyl groups is 1. The van der Waals surface area contributed by atoms with Gasteiger partial charge in [-0.25, -0.2) is 4.98 Å². The molecule has 2 aliphatic carbocycles. The highest BCUT2D eigenvalue weighted by molar-refractivity contribution is 14.1. The first-order valence-electron chi connectivity index (χ1n) is 13.9. The molecule has 18 heteroatoms. The number of imide groups is 2. The molecule has 3 fully saturated rings. The third-order valence-electron chi connectivity index (χ3n) is 9.32. The maximum atomic E-state index is 14.2. The summed E-state index contributed by atoms with van der Waals surface area (Å²) >= 11 is 25.7. The van der Waals surface area contributed by atoms with E-state index in [1.165, 1.54) is 20.2 Å². The van der Waals surface area contributed by atoms with Crippen LogP contribution in [0.25, 0.3) is 0 Å². The number of phenols is 1. The number of halogens is 8. The zero-order chi connectivity index (χ0) is 34.5. The van der Waals surface area contributed by atoms with Crippen LogP contribution in [0.5, 0.6) is 11.5 Å². The van der Waals surface area contributed by atoms with Crippen molar-refractivity contribution in [1.82, 2.24) is 14.9 Å². The van der Waals surface area contributed by atoms with E-state index in [2.05, 4.69) is 20.9 Å². The Bertz CT molecular complexity index is 1800. The van der Waals surface area contributed by atoms with E-state index in [4.69, 9.17) is 39.5 Å². The van der Waals surface area contributed by atoms with Crippen molar-refractivity contribution in [3.05, 3.63) is 55.8 Å². The second kappa shape index (κ2) is 11.6. The summed E-state index contributed by atoms with van der Waals surface area (Å²) in [7, 11) is 2.53. The number of anilines is 1. The highest BCUT2D eigenvalue weighted by Gasteiger charge is 2.76. The van der Waals surface area contributed by atoms with Crippen molar-refractivity contribution in [1.29, 1.82) is 0 Å². The third-order valence-corrected chi connectivity index (χ3v) is 12.4. The zero-order valence-electron chi connectivity index (χ0n) is 24.1. The molecule has 1 N–H and O–H groups in total. The van der Waals surface area contributed by atoms with Crippen LogP contribution in [0, 0.1) is 21.3 Å². The van der Waals surface area contributed by atoms with Gasteiger partial charge in [-0.3, -0.25) is 29.1 Å². The van der Waals surface area contributed by atoms with Crippen LogP contribution in [0.2, 0.25) is 5.02 Å². The van der Waals surface area contributed by atoms with Crippen LogP contribution in [0.3, 0.4) is 0 Å². The average molecular weight is 893 g/mol. The first-order valence-corrected chi connectivity index (χ1v) is 17.2. The minimum absolute atomic E-state index is 0.00449.